The molecule has 1 atom stereocenters. The van der Waals surface area contributed by atoms with Gasteiger partial charge in [-0.25, -0.2) is 0 Å². The molecule has 9 heteroatoms. The summed E-state index contributed by atoms with van der Waals surface area (Å²) in [5.41, 5.74) is 0. The van der Waals surface area contributed by atoms with Crippen molar-refractivity contribution in [1.82, 2.24) is 15.1 Å². The molecule has 1 unspecified atom stereocenters. The van der Waals surface area contributed by atoms with E-state index in [0.717, 1.165) is 0 Å². The van der Waals surface area contributed by atoms with Gasteiger partial charge in [0.15, 0.2) is 0 Å². The van der Waals surface area contributed by atoms with E-state index in [0.29, 0.717) is 58.7 Å². The smallest absolute Gasteiger partial charge is 0.309 e. The molecule has 1 N–H and O–H groups in total. The summed E-state index contributed by atoms with van der Waals surface area (Å²) >= 11 is 0. The van der Waals surface area contributed by atoms with Gasteiger partial charge in [-0.3, -0.25) is 24.1 Å². The van der Waals surface area contributed by atoms with E-state index >= 15 is 0 Å². The van der Waals surface area contributed by atoms with Crippen LogP contribution in [-0.2, 0) is 28.7 Å². The van der Waals surface area contributed by atoms with Crippen LogP contribution < -0.4 is 5.32 Å². The van der Waals surface area contributed by atoms with Crippen molar-refractivity contribution < 1.29 is 28.7 Å². The first kappa shape index (κ1) is 22.1. The Hall–Kier alpha value is -2.16. The molecular weight excluding hydrogens is 366 g/mol. The Bertz CT molecular complexity index is 574. The standard InChI is InChI=1S/C19H31N3O6/c1-3-11-28-17(24)12-15-18(25)20-7-10-22(15)13-16(23)21-8-5-14(6-9-21)19(26)27-4-2/h14-15H,3-13H2,1-2H3,(H,20,25). The summed E-state index contributed by atoms with van der Waals surface area (Å²) in [4.78, 5) is 52.1. The topological polar surface area (TPSA) is 105 Å². The molecule has 2 aliphatic heterocycles. The molecule has 2 heterocycles. The largest absolute Gasteiger partial charge is 0.466 e. The predicted molar refractivity (Wildman–Crippen MR) is 100 cm³/mol. The quantitative estimate of drug-likeness (QED) is 0.572. The van der Waals surface area contributed by atoms with Gasteiger partial charge in [-0.05, 0) is 26.2 Å². The number of piperazine rings is 1. The highest BCUT2D eigenvalue weighted by Gasteiger charge is 2.35. The van der Waals surface area contributed by atoms with Crippen molar-refractivity contribution in [3.8, 4) is 0 Å². The van der Waals surface area contributed by atoms with Gasteiger partial charge >= 0.3 is 11.9 Å². The lowest BCUT2D eigenvalue weighted by molar-refractivity contribution is -0.152. The molecule has 158 valence electrons. The van der Waals surface area contributed by atoms with Crippen molar-refractivity contribution in [3.05, 3.63) is 0 Å². The molecule has 0 spiro atoms. The van der Waals surface area contributed by atoms with E-state index in [1.54, 1.807) is 16.7 Å². The molecule has 2 aliphatic rings. The van der Waals surface area contributed by atoms with Gasteiger partial charge in [-0.15, -0.1) is 0 Å². The fraction of sp³-hybridized carbons (Fsp3) is 0.789. The van der Waals surface area contributed by atoms with Crippen LogP contribution in [0.2, 0.25) is 0 Å². The van der Waals surface area contributed by atoms with Crippen molar-refractivity contribution in [2.24, 2.45) is 5.92 Å². The summed E-state index contributed by atoms with van der Waals surface area (Å²) in [5.74, 6) is -1.15. The monoisotopic (exact) mass is 397 g/mol. The lowest BCUT2D eigenvalue weighted by Crippen LogP contribution is -2.58. The van der Waals surface area contributed by atoms with E-state index in [2.05, 4.69) is 5.32 Å². The minimum absolute atomic E-state index is 0.0654. The molecule has 0 radical (unpaired) electrons. The number of hydrogen-bond donors (Lipinski definition) is 1. The number of nitrogens with one attached hydrogen (secondary N) is 1. The van der Waals surface area contributed by atoms with Gasteiger partial charge in [0.1, 0.15) is 6.04 Å². The first-order valence-electron chi connectivity index (χ1n) is 10.1. The van der Waals surface area contributed by atoms with E-state index in [-0.39, 0.29) is 36.7 Å². The summed E-state index contributed by atoms with van der Waals surface area (Å²) in [7, 11) is 0. The van der Waals surface area contributed by atoms with Crippen LogP contribution in [0.15, 0.2) is 0 Å². The van der Waals surface area contributed by atoms with Crippen LogP contribution in [0, 0.1) is 5.92 Å². The lowest BCUT2D eigenvalue weighted by atomic mass is 9.97. The SMILES string of the molecule is CCCOC(=O)CC1C(=O)NCCN1CC(=O)N1CCC(C(=O)OCC)CC1. The molecule has 0 bridgehead atoms. The second kappa shape index (κ2) is 11.0. The fourth-order valence-corrected chi connectivity index (χ4v) is 3.50. The first-order valence-corrected chi connectivity index (χ1v) is 10.1. The molecule has 0 aromatic heterocycles. The third kappa shape index (κ3) is 6.19. The molecule has 0 aliphatic carbocycles. The van der Waals surface area contributed by atoms with Gasteiger partial charge in [0.25, 0.3) is 0 Å². The van der Waals surface area contributed by atoms with Crippen LogP contribution in [0.3, 0.4) is 0 Å². The van der Waals surface area contributed by atoms with Crippen molar-refractivity contribution in [1.29, 1.82) is 0 Å². The summed E-state index contributed by atoms with van der Waals surface area (Å²) in [6, 6.07) is -0.695. The highest BCUT2D eigenvalue weighted by atomic mass is 16.5. The number of rotatable bonds is 8. The Labute approximate surface area is 165 Å². The van der Waals surface area contributed by atoms with Gasteiger partial charge in [0.2, 0.25) is 11.8 Å². The second-order valence-corrected chi connectivity index (χ2v) is 7.11. The molecule has 28 heavy (non-hydrogen) atoms. The Kier molecular flexibility index (Phi) is 8.69. The van der Waals surface area contributed by atoms with E-state index in [1.807, 2.05) is 6.92 Å². The maximum atomic E-state index is 12.7. The van der Waals surface area contributed by atoms with Gasteiger partial charge < -0.3 is 19.7 Å². The summed E-state index contributed by atoms with van der Waals surface area (Å²) in [5, 5.41) is 2.74. The Balaban J connectivity index is 1.87. The van der Waals surface area contributed by atoms with Gasteiger partial charge in [-0.2, -0.15) is 0 Å². The predicted octanol–water partition coefficient (Wildman–Crippen LogP) is -0.0682. The number of carbonyl (C=O) groups is 4. The van der Waals surface area contributed by atoms with Crippen LogP contribution >= 0.6 is 0 Å². The molecule has 0 aromatic carbocycles. The summed E-state index contributed by atoms with van der Waals surface area (Å²) < 4.78 is 10.1. The van der Waals surface area contributed by atoms with Crippen molar-refractivity contribution in [2.75, 3.05) is 45.9 Å². The summed E-state index contributed by atoms with van der Waals surface area (Å²) in [6.07, 6.45) is 1.81. The zero-order valence-electron chi connectivity index (χ0n) is 16.8. The van der Waals surface area contributed by atoms with Gasteiger partial charge in [0.05, 0.1) is 32.1 Å². The molecule has 0 aromatic rings. The fourth-order valence-electron chi connectivity index (χ4n) is 3.50. The Morgan fingerprint density at radius 3 is 2.46 bits per heavy atom. The minimum atomic E-state index is -0.695. The maximum absolute atomic E-state index is 12.7. The highest BCUT2D eigenvalue weighted by molar-refractivity contribution is 5.88. The number of amides is 2. The van der Waals surface area contributed by atoms with Crippen molar-refractivity contribution >= 4 is 23.8 Å². The van der Waals surface area contributed by atoms with Crippen molar-refractivity contribution in [2.45, 2.75) is 45.6 Å². The number of ether oxygens (including phenoxy) is 2. The number of hydrogen-bond acceptors (Lipinski definition) is 7. The minimum Gasteiger partial charge on any atom is -0.466 e. The van der Waals surface area contributed by atoms with Crippen LogP contribution in [0.4, 0.5) is 0 Å². The van der Waals surface area contributed by atoms with E-state index < -0.39 is 12.0 Å². The molecule has 0 saturated carbocycles. The van der Waals surface area contributed by atoms with Gasteiger partial charge in [0, 0.05) is 26.2 Å². The summed E-state index contributed by atoms with van der Waals surface area (Å²) in [6.45, 7) is 6.36. The average molecular weight is 397 g/mol. The molecule has 2 amide bonds. The van der Waals surface area contributed by atoms with Crippen LogP contribution in [0.1, 0.15) is 39.5 Å². The third-order valence-corrected chi connectivity index (χ3v) is 5.07. The Morgan fingerprint density at radius 2 is 1.82 bits per heavy atom. The Morgan fingerprint density at radius 1 is 1.11 bits per heavy atom. The number of carbonyl (C=O) groups excluding carboxylic acids is 4. The normalized spacial score (nSPS) is 21.1. The number of nitrogens with zero attached hydrogens (tertiary/aromatic N) is 2. The second-order valence-electron chi connectivity index (χ2n) is 7.11. The average Bonchev–Trinajstić information content (AvgIpc) is 2.69. The van der Waals surface area contributed by atoms with Gasteiger partial charge in [-0.1, -0.05) is 6.92 Å². The van der Waals surface area contributed by atoms with Crippen molar-refractivity contribution in [3.63, 3.8) is 0 Å². The third-order valence-electron chi connectivity index (χ3n) is 5.07. The van der Waals surface area contributed by atoms with Crippen LogP contribution in [0.25, 0.3) is 0 Å². The molecular formula is C19H31N3O6. The van der Waals surface area contributed by atoms with E-state index in [1.165, 1.54) is 0 Å². The maximum Gasteiger partial charge on any atom is 0.309 e. The zero-order chi connectivity index (χ0) is 20.5. The number of esters is 2. The van der Waals surface area contributed by atoms with E-state index in [4.69, 9.17) is 9.47 Å². The van der Waals surface area contributed by atoms with Crippen LogP contribution in [-0.4, -0.2) is 85.5 Å². The zero-order valence-corrected chi connectivity index (χ0v) is 16.8. The molecule has 9 nitrogen and oxygen atoms in total. The first-order chi connectivity index (χ1) is 13.5. The number of likely N-dealkylation sites (tertiary alicyclic amines) is 1. The lowest BCUT2D eigenvalue weighted by Gasteiger charge is -2.37. The number of piperidine rings is 1. The molecule has 2 fully saturated rings. The van der Waals surface area contributed by atoms with E-state index in [9.17, 15) is 19.2 Å². The molecule has 2 rings (SSSR count). The van der Waals surface area contributed by atoms with Crippen LogP contribution in [0.5, 0.6) is 0 Å². The molecule has 2 saturated heterocycles. The highest BCUT2D eigenvalue weighted by Crippen LogP contribution is 2.19.